The van der Waals surface area contributed by atoms with E-state index < -0.39 is 0 Å². The summed E-state index contributed by atoms with van der Waals surface area (Å²) < 4.78 is 13.7. The van der Waals surface area contributed by atoms with Crippen molar-refractivity contribution in [2.45, 2.75) is 70.9 Å². The molecule has 2 aliphatic carbocycles. The van der Waals surface area contributed by atoms with Gasteiger partial charge in [-0.25, -0.2) is 4.39 Å². The molecule has 3 nitrogen and oxygen atoms in total. The van der Waals surface area contributed by atoms with E-state index in [4.69, 9.17) is 0 Å². The number of H-pyrrole nitrogens is 1. The van der Waals surface area contributed by atoms with Crippen LogP contribution in [0.1, 0.15) is 56.7 Å². The van der Waals surface area contributed by atoms with Crippen LogP contribution in [-0.2, 0) is 11.2 Å². The Balaban J connectivity index is 1.58. The van der Waals surface area contributed by atoms with Crippen LogP contribution in [0.3, 0.4) is 0 Å². The van der Waals surface area contributed by atoms with Gasteiger partial charge in [0.15, 0.2) is 0 Å². The second kappa shape index (κ2) is 6.47. The minimum Gasteiger partial charge on any atom is -0.358 e. The summed E-state index contributed by atoms with van der Waals surface area (Å²) in [5.74, 6) is 0.752. The maximum absolute atomic E-state index is 13.7. The largest absolute Gasteiger partial charge is 0.358 e. The smallest absolute Gasteiger partial charge is 0.227 e. The number of hydrogen-bond acceptors (Lipinski definition) is 1. The van der Waals surface area contributed by atoms with Crippen LogP contribution in [-0.4, -0.2) is 27.9 Å². The van der Waals surface area contributed by atoms with Gasteiger partial charge in [-0.05, 0) is 75.1 Å². The molecule has 2 fully saturated rings. The number of amides is 1. The molecule has 2 aliphatic rings. The SMILES string of the molecule is Cc1[nH]c2ccc(F)cc2c1CC(=O)N(C1CCC(C)CC1)C1CC1. The van der Waals surface area contributed by atoms with Crippen LogP contribution in [0, 0.1) is 18.7 Å². The number of hydrogen-bond donors (Lipinski definition) is 1. The lowest BCUT2D eigenvalue weighted by Crippen LogP contribution is -2.44. The summed E-state index contributed by atoms with van der Waals surface area (Å²) in [5.41, 5.74) is 2.84. The van der Waals surface area contributed by atoms with Crippen molar-refractivity contribution in [1.29, 1.82) is 0 Å². The molecule has 0 atom stereocenters. The van der Waals surface area contributed by atoms with E-state index in [1.165, 1.54) is 18.9 Å². The zero-order valence-corrected chi connectivity index (χ0v) is 15.1. The number of halogens is 1. The number of aryl methyl sites for hydroxylation is 1. The van der Waals surface area contributed by atoms with Gasteiger partial charge in [-0.3, -0.25) is 4.79 Å². The lowest BCUT2D eigenvalue weighted by molar-refractivity contribution is -0.134. The van der Waals surface area contributed by atoms with Crippen molar-refractivity contribution in [2.75, 3.05) is 0 Å². The zero-order chi connectivity index (χ0) is 17.6. The van der Waals surface area contributed by atoms with Crippen molar-refractivity contribution >= 4 is 16.8 Å². The number of rotatable bonds is 4. The van der Waals surface area contributed by atoms with Gasteiger partial charge in [-0.1, -0.05) is 6.92 Å². The highest BCUT2D eigenvalue weighted by Crippen LogP contribution is 2.36. The van der Waals surface area contributed by atoms with Crippen LogP contribution in [0.2, 0.25) is 0 Å². The van der Waals surface area contributed by atoms with Crippen molar-refractivity contribution in [3.05, 3.63) is 35.3 Å². The van der Waals surface area contributed by atoms with Gasteiger partial charge in [0.05, 0.1) is 6.42 Å². The molecular weight excluding hydrogens is 315 g/mol. The molecule has 134 valence electrons. The van der Waals surface area contributed by atoms with E-state index in [9.17, 15) is 9.18 Å². The molecule has 1 amide bonds. The first kappa shape index (κ1) is 16.6. The summed E-state index contributed by atoms with van der Waals surface area (Å²) in [7, 11) is 0. The zero-order valence-electron chi connectivity index (χ0n) is 15.1. The summed E-state index contributed by atoms with van der Waals surface area (Å²) in [6.45, 7) is 4.29. The molecule has 1 aromatic carbocycles. The van der Waals surface area contributed by atoms with Gasteiger partial charge in [0, 0.05) is 28.7 Å². The van der Waals surface area contributed by atoms with Gasteiger partial charge in [0.2, 0.25) is 5.91 Å². The second-order valence-corrected chi connectivity index (χ2v) is 8.04. The Kier molecular flexibility index (Phi) is 4.30. The predicted molar refractivity (Wildman–Crippen MR) is 98.0 cm³/mol. The molecule has 4 rings (SSSR count). The molecule has 1 N–H and O–H groups in total. The molecule has 25 heavy (non-hydrogen) atoms. The van der Waals surface area contributed by atoms with Crippen molar-refractivity contribution in [3.63, 3.8) is 0 Å². The Labute approximate surface area is 148 Å². The third-order valence-corrected chi connectivity index (χ3v) is 6.02. The molecule has 1 aromatic heterocycles. The number of nitrogens with one attached hydrogen (secondary N) is 1. The molecule has 0 saturated heterocycles. The lowest BCUT2D eigenvalue weighted by atomic mass is 9.86. The first-order valence-corrected chi connectivity index (χ1v) is 9.61. The second-order valence-electron chi connectivity index (χ2n) is 8.04. The summed E-state index contributed by atoms with van der Waals surface area (Å²) >= 11 is 0. The standard InChI is InChI=1S/C21H27FN2O/c1-13-3-6-16(7-4-13)24(17-8-9-17)21(25)12-18-14(2)23-20-10-5-15(22)11-19(18)20/h5,10-11,13,16-17,23H,3-4,6-9,12H2,1-2H3. The van der Waals surface area contributed by atoms with E-state index in [-0.39, 0.29) is 11.7 Å². The highest BCUT2D eigenvalue weighted by molar-refractivity contribution is 5.90. The topological polar surface area (TPSA) is 36.1 Å². The van der Waals surface area contributed by atoms with Crippen molar-refractivity contribution in [3.8, 4) is 0 Å². The highest BCUT2D eigenvalue weighted by atomic mass is 19.1. The summed E-state index contributed by atoms with van der Waals surface area (Å²) in [4.78, 5) is 18.6. The van der Waals surface area contributed by atoms with Crippen LogP contribution in [0.15, 0.2) is 18.2 Å². The molecule has 2 aromatic rings. The maximum atomic E-state index is 13.7. The third kappa shape index (κ3) is 3.31. The fourth-order valence-electron chi connectivity index (χ4n) is 4.40. The molecular formula is C21H27FN2O. The van der Waals surface area contributed by atoms with Gasteiger partial charge < -0.3 is 9.88 Å². The number of benzene rings is 1. The molecule has 1 heterocycles. The number of carbonyl (C=O) groups excluding carboxylic acids is 1. The molecule has 0 unspecified atom stereocenters. The van der Waals surface area contributed by atoms with Gasteiger partial charge in [0.25, 0.3) is 0 Å². The number of fused-ring (bicyclic) bond motifs is 1. The van der Waals surface area contributed by atoms with Crippen LogP contribution in [0.4, 0.5) is 4.39 Å². The molecule has 0 bridgehead atoms. The Morgan fingerprint density at radius 1 is 1.16 bits per heavy atom. The van der Waals surface area contributed by atoms with Crippen LogP contribution >= 0.6 is 0 Å². The molecule has 0 radical (unpaired) electrons. The fourth-order valence-corrected chi connectivity index (χ4v) is 4.40. The number of aromatic amines is 1. The Bertz CT molecular complexity index is 785. The third-order valence-electron chi connectivity index (χ3n) is 6.02. The monoisotopic (exact) mass is 342 g/mol. The highest BCUT2D eigenvalue weighted by Gasteiger charge is 2.38. The van der Waals surface area contributed by atoms with Crippen LogP contribution in [0.25, 0.3) is 10.9 Å². The van der Waals surface area contributed by atoms with E-state index in [2.05, 4.69) is 16.8 Å². The van der Waals surface area contributed by atoms with Crippen LogP contribution in [0.5, 0.6) is 0 Å². The molecule has 0 spiro atoms. The maximum Gasteiger partial charge on any atom is 0.227 e. The summed E-state index contributed by atoms with van der Waals surface area (Å²) in [5, 5.41) is 0.846. The van der Waals surface area contributed by atoms with Gasteiger partial charge >= 0.3 is 0 Å². The number of carbonyl (C=O) groups is 1. The van der Waals surface area contributed by atoms with Gasteiger partial charge in [-0.2, -0.15) is 0 Å². The van der Waals surface area contributed by atoms with E-state index >= 15 is 0 Å². The molecule has 2 saturated carbocycles. The van der Waals surface area contributed by atoms with E-state index in [1.807, 2.05) is 6.92 Å². The van der Waals surface area contributed by atoms with E-state index in [0.29, 0.717) is 18.5 Å². The van der Waals surface area contributed by atoms with Crippen LogP contribution < -0.4 is 0 Å². The van der Waals surface area contributed by atoms with E-state index in [1.54, 1.807) is 12.1 Å². The lowest BCUT2D eigenvalue weighted by Gasteiger charge is -2.36. The minimum absolute atomic E-state index is 0.218. The Hall–Kier alpha value is -1.84. The Morgan fingerprint density at radius 2 is 1.80 bits per heavy atom. The van der Waals surface area contributed by atoms with Crippen molar-refractivity contribution in [2.24, 2.45) is 5.92 Å². The van der Waals surface area contributed by atoms with Gasteiger partial charge in [-0.15, -0.1) is 0 Å². The molecule has 0 aliphatic heterocycles. The van der Waals surface area contributed by atoms with E-state index in [0.717, 1.165) is 53.8 Å². The average molecular weight is 342 g/mol. The van der Waals surface area contributed by atoms with Crippen molar-refractivity contribution < 1.29 is 9.18 Å². The fraction of sp³-hybridized carbons (Fsp3) is 0.571. The number of aromatic nitrogens is 1. The number of nitrogens with zero attached hydrogens (tertiary/aromatic N) is 1. The Morgan fingerprint density at radius 3 is 2.44 bits per heavy atom. The summed E-state index contributed by atoms with van der Waals surface area (Å²) in [6.07, 6.45) is 7.35. The first-order chi connectivity index (χ1) is 12.0. The van der Waals surface area contributed by atoms with Gasteiger partial charge in [0.1, 0.15) is 5.82 Å². The molecule has 4 heteroatoms. The first-order valence-electron chi connectivity index (χ1n) is 9.61. The predicted octanol–water partition coefficient (Wildman–Crippen LogP) is 4.73. The van der Waals surface area contributed by atoms with Crippen molar-refractivity contribution in [1.82, 2.24) is 9.88 Å². The normalized spacial score (nSPS) is 23.8. The average Bonchev–Trinajstić information content (AvgIpc) is 3.36. The summed E-state index contributed by atoms with van der Waals surface area (Å²) in [6, 6.07) is 5.60. The quantitative estimate of drug-likeness (QED) is 0.857. The minimum atomic E-state index is -0.250.